The summed E-state index contributed by atoms with van der Waals surface area (Å²) in [5.74, 6) is 0.391. The predicted molar refractivity (Wildman–Crippen MR) is 92.2 cm³/mol. The molecule has 0 unspecified atom stereocenters. The SMILES string of the molecule is CC(C)n1cc([C@@H]2CN(c3nc4ccccc4o3)C[C@H]2CO)cn1. The number of anilines is 1. The molecule has 2 aromatic heterocycles. The number of para-hydroxylation sites is 2. The number of nitrogens with zero attached hydrogens (tertiary/aromatic N) is 4. The molecule has 3 heterocycles. The average Bonchev–Trinajstić information content (AvgIpc) is 3.30. The second kappa shape index (κ2) is 5.94. The summed E-state index contributed by atoms with van der Waals surface area (Å²) in [7, 11) is 0. The number of hydrogen-bond donors (Lipinski definition) is 1. The molecule has 6 nitrogen and oxygen atoms in total. The lowest BCUT2D eigenvalue weighted by Gasteiger charge is -2.13. The first-order chi connectivity index (χ1) is 11.7. The van der Waals surface area contributed by atoms with Crippen LogP contribution in [0.15, 0.2) is 41.1 Å². The van der Waals surface area contributed by atoms with Gasteiger partial charge < -0.3 is 14.4 Å². The fraction of sp³-hybridized carbons (Fsp3) is 0.444. The molecule has 0 amide bonds. The van der Waals surface area contributed by atoms with Crippen molar-refractivity contribution in [2.45, 2.75) is 25.8 Å². The zero-order chi connectivity index (χ0) is 16.7. The quantitative estimate of drug-likeness (QED) is 0.798. The van der Waals surface area contributed by atoms with Crippen molar-refractivity contribution in [2.24, 2.45) is 5.92 Å². The van der Waals surface area contributed by atoms with Gasteiger partial charge >= 0.3 is 0 Å². The highest BCUT2D eigenvalue weighted by atomic mass is 16.4. The summed E-state index contributed by atoms with van der Waals surface area (Å²) in [5.41, 5.74) is 2.83. The van der Waals surface area contributed by atoms with Gasteiger partial charge in [-0.2, -0.15) is 10.1 Å². The van der Waals surface area contributed by atoms with Crippen LogP contribution in [-0.2, 0) is 0 Å². The van der Waals surface area contributed by atoms with E-state index in [9.17, 15) is 5.11 Å². The van der Waals surface area contributed by atoms with E-state index in [1.54, 1.807) is 0 Å². The zero-order valence-corrected chi connectivity index (χ0v) is 14.0. The van der Waals surface area contributed by atoms with E-state index in [4.69, 9.17) is 4.42 Å². The van der Waals surface area contributed by atoms with E-state index in [0.717, 1.165) is 24.2 Å². The van der Waals surface area contributed by atoms with E-state index < -0.39 is 0 Å². The van der Waals surface area contributed by atoms with Gasteiger partial charge in [-0.3, -0.25) is 4.68 Å². The maximum absolute atomic E-state index is 9.81. The lowest BCUT2D eigenvalue weighted by molar-refractivity contribution is 0.227. The first-order valence-corrected chi connectivity index (χ1v) is 8.41. The van der Waals surface area contributed by atoms with Crippen LogP contribution >= 0.6 is 0 Å². The zero-order valence-electron chi connectivity index (χ0n) is 14.0. The third kappa shape index (κ3) is 2.57. The molecule has 1 fully saturated rings. The van der Waals surface area contributed by atoms with Crippen molar-refractivity contribution in [3.05, 3.63) is 42.2 Å². The topological polar surface area (TPSA) is 67.3 Å². The van der Waals surface area contributed by atoms with Gasteiger partial charge in [-0.15, -0.1) is 0 Å². The van der Waals surface area contributed by atoms with E-state index in [-0.39, 0.29) is 18.4 Å². The van der Waals surface area contributed by atoms with Crippen LogP contribution in [0.4, 0.5) is 6.01 Å². The Labute approximate surface area is 140 Å². The van der Waals surface area contributed by atoms with E-state index in [1.165, 1.54) is 5.56 Å². The molecule has 6 heteroatoms. The number of aliphatic hydroxyl groups excluding tert-OH is 1. The molecule has 4 rings (SSSR count). The first-order valence-electron chi connectivity index (χ1n) is 8.41. The Balaban J connectivity index is 1.60. The number of fused-ring (bicyclic) bond motifs is 1. The van der Waals surface area contributed by atoms with Crippen molar-refractivity contribution in [3.8, 4) is 0 Å². The highest BCUT2D eigenvalue weighted by Crippen LogP contribution is 2.35. The largest absolute Gasteiger partial charge is 0.423 e. The second-order valence-electron chi connectivity index (χ2n) is 6.77. The normalized spacial score (nSPS) is 21.2. The highest BCUT2D eigenvalue weighted by Gasteiger charge is 2.36. The Hall–Kier alpha value is -2.34. The fourth-order valence-corrected chi connectivity index (χ4v) is 3.41. The third-order valence-corrected chi connectivity index (χ3v) is 4.81. The van der Waals surface area contributed by atoms with Crippen molar-refractivity contribution >= 4 is 17.1 Å². The molecular weight excluding hydrogens is 304 g/mol. The minimum Gasteiger partial charge on any atom is -0.423 e. The molecule has 1 aliphatic heterocycles. The Morgan fingerprint density at radius 3 is 2.83 bits per heavy atom. The third-order valence-electron chi connectivity index (χ3n) is 4.81. The van der Waals surface area contributed by atoms with E-state index in [1.807, 2.05) is 35.1 Å². The van der Waals surface area contributed by atoms with Gasteiger partial charge in [0.1, 0.15) is 5.52 Å². The van der Waals surface area contributed by atoms with Crippen molar-refractivity contribution in [3.63, 3.8) is 0 Å². The van der Waals surface area contributed by atoms with Crippen molar-refractivity contribution in [1.29, 1.82) is 0 Å². The Bertz CT molecular complexity index is 805. The molecule has 3 aromatic rings. The van der Waals surface area contributed by atoms with Crippen LogP contribution < -0.4 is 4.90 Å². The molecule has 2 atom stereocenters. The van der Waals surface area contributed by atoms with Gasteiger partial charge in [-0.05, 0) is 31.5 Å². The van der Waals surface area contributed by atoms with Crippen LogP contribution in [-0.4, -0.2) is 39.6 Å². The maximum Gasteiger partial charge on any atom is 0.298 e. The molecule has 1 saturated heterocycles. The van der Waals surface area contributed by atoms with Crippen LogP contribution in [0.2, 0.25) is 0 Å². The number of aliphatic hydroxyl groups is 1. The molecule has 1 N–H and O–H groups in total. The molecule has 1 aromatic carbocycles. The standard InChI is InChI=1S/C18H22N4O2/c1-12(2)22-9-13(7-19-22)15-10-21(8-14(15)11-23)18-20-16-5-3-4-6-17(16)24-18/h3-7,9,12,14-15,23H,8,10-11H2,1-2H3/t14-,15-/m0/s1. The van der Waals surface area contributed by atoms with Crippen LogP contribution in [0, 0.1) is 5.92 Å². The Kier molecular flexibility index (Phi) is 3.76. The lowest BCUT2D eigenvalue weighted by atomic mass is 9.92. The molecule has 0 spiro atoms. The van der Waals surface area contributed by atoms with Crippen LogP contribution in [0.3, 0.4) is 0 Å². The second-order valence-corrected chi connectivity index (χ2v) is 6.77. The number of hydrogen-bond acceptors (Lipinski definition) is 5. The van der Waals surface area contributed by atoms with Crippen LogP contribution in [0.1, 0.15) is 31.4 Å². The van der Waals surface area contributed by atoms with Crippen molar-refractivity contribution in [1.82, 2.24) is 14.8 Å². The van der Waals surface area contributed by atoms with Gasteiger partial charge in [-0.25, -0.2) is 0 Å². The van der Waals surface area contributed by atoms with Gasteiger partial charge in [0.25, 0.3) is 6.01 Å². The number of oxazole rings is 1. The summed E-state index contributed by atoms with van der Waals surface area (Å²) in [5, 5.41) is 14.3. The lowest BCUT2D eigenvalue weighted by Crippen LogP contribution is -2.20. The van der Waals surface area contributed by atoms with Gasteiger partial charge in [0, 0.05) is 43.8 Å². The molecule has 0 bridgehead atoms. The minimum atomic E-state index is 0.147. The summed E-state index contributed by atoms with van der Waals surface area (Å²) >= 11 is 0. The number of aromatic nitrogens is 3. The fourth-order valence-electron chi connectivity index (χ4n) is 3.41. The summed E-state index contributed by atoms with van der Waals surface area (Å²) in [6.45, 7) is 5.89. The molecule has 1 aliphatic rings. The summed E-state index contributed by atoms with van der Waals surface area (Å²) in [6.07, 6.45) is 4.01. The van der Waals surface area contributed by atoms with E-state index in [0.29, 0.717) is 12.1 Å². The van der Waals surface area contributed by atoms with Crippen LogP contribution in [0.25, 0.3) is 11.1 Å². The van der Waals surface area contributed by atoms with Gasteiger partial charge in [-0.1, -0.05) is 12.1 Å². The predicted octanol–water partition coefficient (Wildman–Crippen LogP) is 2.82. The summed E-state index contributed by atoms with van der Waals surface area (Å²) in [4.78, 5) is 6.71. The van der Waals surface area contributed by atoms with Crippen molar-refractivity contribution in [2.75, 3.05) is 24.6 Å². The smallest absolute Gasteiger partial charge is 0.298 e. The molecule has 126 valence electrons. The van der Waals surface area contributed by atoms with Crippen LogP contribution in [0.5, 0.6) is 0 Å². The first kappa shape index (κ1) is 15.2. The molecular formula is C18H22N4O2. The highest BCUT2D eigenvalue weighted by molar-refractivity contribution is 5.74. The summed E-state index contributed by atoms with van der Waals surface area (Å²) in [6, 6.07) is 8.75. The van der Waals surface area contributed by atoms with E-state index >= 15 is 0 Å². The minimum absolute atomic E-state index is 0.147. The van der Waals surface area contributed by atoms with Gasteiger partial charge in [0.05, 0.1) is 6.20 Å². The molecule has 0 radical (unpaired) electrons. The van der Waals surface area contributed by atoms with Gasteiger partial charge in [0.2, 0.25) is 0 Å². The number of rotatable bonds is 4. The molecule has 0 aliphatic carbocycles. The summed E-state index contributed by atoms with van der Waals surface area (Å²) < 4.78 is 7.85. The Morgan fingerprint density at radius 1 is 1.29 bits per heavy atom. The van der Waals surface area contributed by atoms with Gasteiger partial charge in [0.15, 0.2) is 5.58 Å². The van der Waals surface area contributed by atoms with E-state index in [2.05, 4.69) is 35.0 Å². The Morgan fingerprint density at radius 2 is 2.12 bits per heavy atom. The maximum atomic E-state index is 9.81. The number of benzene rings is 1. The monoisotopic (exact) mass is 326 g/mol. The molecule has 0 saturated carbocycles. The average molecular weight is 326 g/mol. The molecule has 24 heavy (non-hydrogen) atoms. The van der Waals surface area contributed by atoms with Crippen molar-refractivity contribution < 1.29 is 9.52 Å².